The molecule has 3 nitrogen and oxygen atoms in total. The minimum atomic E-state index is -0.268. The van der Waals surface area contributed by atoms with Crippen molar-refractivity contribution in [3.05, 3.63) is 52.3 Å². The second-order valence-corrected chi connectivity index (χ2v) is 4.78. The Bertz CT molecular complexity index is 519. The Hall–Kier alpha value is -1.20. The fourth-order valence-electron chi connectivity index (χ4n) is 2.04. The average Bonchev–Trinajstić information content (AvgIpc) is 2.82. The molecule has 1 heterocycles. The first kappa shape index (κ1) is 13.2. The van der Waals surface area contributed by atoms with E-state index >= 15 is 0 Å². The predicted molar refractivity (Wildman–Crippen MR) is 72.9 cm³/mol. The lowest BCUT2D eigenvalue weighted by Gasteiger charge is -2.19. The van der Waals surface area contributed by atoms with Gasteiger partial charge in [0.25, 0.3) is 0 Å². The van der Waals surface area contributed by atoms with Crippen molar-refractivity contribution in [2.45, 2.75) is 19.5 Å². The first-order valence-corrected chi connectivity index (χ1v) is 6.60. The summed E-state index contributed by atoms with van der Waals surface area (Å²) in [5, 5.41) is 3.12. The van der Waals surface area contributed by atoms with Crippen LogP contribution in [0.4, 0.5) is 4.39 Å². The summed E-state index contributed by atoms with van der Waals surface area (Å²) in [4.78, 5) is 4.33. The third-order valence-corrected chi connectivity index (χ3v) is 3.62. The van der Waals surface area contributed by atoms with Gasteiger partial charge in [-0.15, -0.1) is 0 Å². The van der Waals surface area contributed by atoms with Gasteiger partial charge in [0.05, 0.1) is 6.04 Å². The van der Waals surface area contributed by atoms with Gasteiger partial charge < -0.3 is 9.88 Å². The zero-order chi connectivity index (χ0) is 13.1. The fraction of sp³-hybridized carbons (Fsp3) is 0.308. The molecule has 0 saturated carbocycles. The number of hydrogen-bond donors (Lipinski definition) is 1. The summed E-state index contributed by atoms with van der Waals surface area (Å²) < 4.78 is 16.8. The third kappa shape index (κ3) is 2.33. The van der Waals surface area contributed by atoms with Crippen LogP contribution in [0.3, 0.4) is 0 Å². The second kappa shape index (κ2) is 5.63. The van der Waals surface area contributed by atoms with Gasteiger partial charge in [-0.1, -0.05) is 22.0 Å². The van der Waals surface area contributed by atoms with Crippen molar-refractivity contribution in [3.8, 4) is 0 Å². The molecule has 5 heteroatoms. The lowest BCUT2D eigenvalue weighted by atomic mass is 10.1. The van der Waals surface area contributed by atoms with Crippen molar-refractivity contribution < 1.29 is 4.39 Å². The van der Waals surface area contributed by atoms with Gasteiger partial charge in [-0.3, -0.25) is 0 Å². The second-order valence-electron chi connectivity index (χ2n) is 3.93. The maximum absolute atomic E-state index is 14.0. The molecule has 1 N–H and O–H groups in total. The average molecular weight is 312 g/mol. The maximum Gasteiger partial charge on any atom is 0.130 e. The minimum Gasteiger partial charge on any atom is -0.334 e. The van der Waals surface area contributed by atoms with E-state index in [9.17, 15) is 4.39 Å². The van der Waals surface area contributed by atoms with Gasteiger partial charge >= 0.3 is 0 Å². The molecular formula is C13H15BrFN3. The van der Waals surface area contributed by atoms with E-state index in [4.69, 9.17) is 0 Å². The first-order chi connectivity index (χ1) is 8.69. The van der Waals surface area contributed by atoms with Crippen molar-refractivity contribution in [1.29, 1.82) is 0 Å². The van der Waals surface area contributed by atoms with Crippen LogP contribution in [0.2, 0.25) is 0 Å². The van der Waals surface area contributed by atoms with E-state index in [2.05, 4.69) is 26.2 Å². The van der Waals surface area contributed by atoms with Gasteiger partial charge in [-0.05, 0) is 26.1 Å². The molecule has 0 amide bonds. The number of aryl methyl sites for hydroxylation is 1. The quantitative estimate of drug-likeness (QED) is 0.940. The molecule has 2 aromatic rings. The summed E-state index contributed by atoms with van der Waals surface area (Å²) in [6, 6.07) is 4.71. The summed E-state index contributed by atoms with van der Waals surface area (Å²) >= 11 is 3.40. The zero-order valence-electron chi connectivity index (χ0n) is 10.3. The predicted octanol–water partition coefficient (Wildman–Crippen LogP) is 3.11. The smallest absolute Gasteiger partial charge is 0.130 e. The molecule has 0 fully saturated rings. The summed E-state index contributed by atoms with van der Waals surface area (Å²) in [6.07, 6.45) is 3.63. The number of nitrogens with one attached hydrogen (secondary N) is 1. The van der Waals surface area contributed by atoms with E-state index in [1.165, 1.54) is 6.07 Å². The number of benzene rings is 1. The lowest BCUT2D eigenvalue weighted by Crippen LogP contribution is -2.23. The van der Waals surface area contributed by atoms with Gasteiger partial charge in [0.2, 0.25) is 0 Å². The molecule has 1 unspecified atom stereocenters. The van der Waals surface area contributed by atoms with Crippen LogP contribution in [0.15, 0.2) is 35.1 Å². The van der Waals surface area contributed by atoms with Crippen LogP contribution in [-0.4, -0.2) is 16.6 Å². The number of halogens is 2. The number of nitrogens with zero attached hydrogens (tertiary/aromatic N) is 2. The molecule has 96 valence electrons. The van der Waals surface area contributed by atoms with Crippen molar-refractivity contribution in [2.75, 3.05) is 7.05 Å². The molecule has 0 aliphatic rings. The summed E-state index contributed by atoms with van der Waals surface area (Å²) in [6.45, 7) is 2.84. The molecule has 0 aliphatic heterocycles. The molecule has 0 bridgehead atoms. The maximum atomic E-state index is 14.0. The highest BCUT2D eigenvalue weighted by molar-refractivity contribution is 9.10. The van der Waals surface area contributed by atoms with E-state index in [0.29, 0.717) is 5.56 Å². The van der Waals surface area contributed by atoms with Gasteiger partial charge in [0.1, 0.15) is 11.6 Å². The van der Waals surface area contributed by atoms with Crippen LogP contribution in [0.25, 0.3) is 0 Å². The van der Waals surface area contributed by atoms with Gasteiger partial charge in [0, 0.05) is 29.0 Å². The highest BCUT2D eigenvalue weighted by Gasteiger charge is 2.22. The van der Waals surface area contributed by atoms with E-state index in [1.54, 1.807) is 19.3 Å². The van der Waals surface area contributed by atoms with E-state index < -0.39 is 0 Å². The van der Waals surface area contributed by atoms with Crippen LogP contribution < -0.4 is 5.32 Å². The Labute approximate surface area is 114 Å². The third-order valence-electron chi connectivity index (χ3n) is 2.92. The Morgan fingerprint density at radius 1 is 1.50 bits per heavy atom. The van der Waals surface area contributed by atoms with Crippen LogP contribution in [0, 0.1) is 5.82 Å². The molecule has 1 aromatic carbocycles. The molecule has 18 heavy (non-hydrogen) atoms. The standard InChI is InChI=1S/C13H15BrFN3/c1-3-18-8-7-17-13(18)12(16-2)11-9(14)5-4-6-10(11)15/h4-8,12,16H,3H2,1-2H3. The van der Waals surface area contributed by atoms with Crippen molar-refractivity contribution in [1.82, 2.24) is 14.9 Å². The van der Waals surface area contributed by atoms with E-state index in [1.807, 2.05) is 23.8 Å². The van der Waals surface area contributed by atoms with Crippen LogP contribution in [-0.2, 0) is 6.54 Å². The summed E-state index contributed by atoms with van der Waals surface area (Å²) in [5.41, 5.74) is 0.584. The van der Waals surface area contributed by atoms with Crippen molar-refractivity contribution >= 4 is 15.9 Å². The molecule has 2 rings (SSSR count). The summed E-state index contributed by atoms with van der Waals surface area (Å²) in [7, 11) is 1.80. The minimum absolute atomic E-state index is 0.241. The molecule has 0 aliphatic carbocycles. The highest BCUT2D eigenvalue weighted by Crippen LogP contribution is 2.29. The monoisotopic (exact) mass is 311 g/mol. The molecule has 0 spiro atoms. The zero-order valence-corrected chi connectivity index (χ0v) is 11.9. The number of rotatable bonds is 4. The number of imidazole rings is 1. The normalized spacial score (nSPS) is 12.7. The van der Waals surface area contributed by atoms with Crippen molar-refractivity contribution in [2.24, 2.45) is 0 Å². The Balaban J connectivity index is 2.52. The molecular weight excluding hydrogens is 297 g/mol. The van der Waals surface area contributed by atoms with E-state index in [0.717, 1.165) is 16.8 Å². The number of hydrogen-bond acceptors (Lipinski definition) is 2. The van der Waals surface area contributed by atoms with Crippen LogP contribution in [0.1, 0.15) is 24.4 Å². The highest BCUT2D eigenvalue weighted by atomic mass is 79.9. The first-order valence-electron chi connectivity index (χ1n) is 5.81. The molecule has 0 saturated heterocycles. The molecule has 1 aromatic heterocycles. The molecule has 0 radical (unpaired) electrons. The summed E-state index contributed by atoms with van der Waals surface area (Å²) in [5.74, 6) is 0.570. The fourth-order valence-corrected chi connectivity index (χ4v) is 2.61. The Morgan fingerprint density at radius 2 is 2.28 bits per heavy atom. The van der Waals surface area contributed by atoms with Gasteiger partial charge in [-0.25, -0.2) is 9.37 Å². The van der Waals surface area contributed by atoms with Crippen molar-refractivity contribution in [3.63, 3.8) is 0 Å². The Kier molecular flexibility index (Phi) is 4.14. The SMILES string of the molecule is CCn1ccnc1C(NC)c1c(F)cccc1Br. The van der Waals surface area contributed by atoms with Gasteiger partial charge in [0.15, 0.2) is 0 Å². The van der Waals surface area contributed by atoms with Gasteiger partial charge in [-0.2, -0.15) is 0 Å². The largest absolute Gasteiger partial charge is 0.334 e. The van der Waals surface area contributed by atoms with Crippen LogP contribution in [0.5, 0.6) is 0 Å². The van der Waals surface area contributed by atoms with E-state index in [-0.39, 0.29) is 11.9 Å². The number of aromatic nitrogens is 2. The van der Waals surface area contributed by atoms with Crippen LogP contribution >= 0.6 is 15.9 Å². The molecule has 1 atom stereocenters. The topological polar surface area (TPSA) is 29.9 Å². The Morgan fingerprint density at radius 3 is 2.89 bits per heavy atom. The lowest BCUT2D eigenvalue weighted by molar-refractivity contribution is 0.540.